The van der Waals surface area contributed by atoms with Gasteiger partial charge in [-0.25, -0.2) is 0 Å². The maximum atomic E-state index is 5.98. The molecular formula is C15H25N3O. The Kier molecular flexibility index (Phi) is 5.19. The van der Waals surface area contributed by atoms with Gasteiger partial charge in [0.2, 0.25) is 0 Å². The van der Waals surface area contributed by atoms with E-state index in [1.54, 1.807) is 0 Å². The van der Waals surface area contributed by atoms with Crippen LogP contribution in [0.15, 0.2) is 24.3 Å². The van der Waals surface area contributed by atoms with Crippen molar-refractivity contribution < 1.29 is 4.74 Å². The van der Waals surface area contributed by atoms with Crippen LogP contribution in [0.4, 0.5) is 5.69 Å². The molecule has 0 saturated carbocycles. The molecule has 0 radical (unpaired) electrons. The van der Waals surface area contributed by atoms with E-state index < -0.39 is 0 Å². The predicted octanol–water partition coefficient (Wildman–Crippen LogP) is 1.13. The number of anilines is 1. The minimum atomic E-state index is 0.401. The first-order valence-electron chi connectivity index (χ1n) is 6.98. The third-order valence-electron chi connectivity index (χ3n) is 3.72. The largest absolute Gasteiger partial charge is 0.379 e. The minimum Gasteiger partial charge on any atom is -0.379 e. The zero-order valence-electron chi connectivity index (χ0n) is 12.0. The van der Waals surface area contributed by atoms with Gasteiger partial charge in [0.05, 0.1) is 13.2 Å². The van der Waals surface area contributed by atoms with Crippen LogP contribution in [0.25, 0.3) is 0 Å². The summed E-state index contributed by atoms with van der Waals surface area (Å²) in [6, 6.07) is 8.68. The zero-order valence-corrected chi connectivity index (χ0v) is 12.0. The average Bonchev–Trinajstić information content (AvgIpc) is 2.46. The van der Waals surface area contributed by atoms with E-state index in [2.05, 4.69) is 48.2 Å². The number of rotatable bonds is 5. The zero-order chi connectivity index (χ0) is 13.7. The second-order valence-corrected chi connectivity index (χ2v) is 5.34. The molecule has 1 aromatic rings. The quantitative estimate of drug-likeness (QED) is 0.864. The smallest absolute Gasteiger partial charge is 0.0594 e. The summed E-state index contributed by atoms with van der Waals surface area (Å²) in [6.07, 6.45) is 0. The molecule has 0 aromatic heterocycles. The van der Waals surface area contributed by atoms with Gasteiger partial charge in [-0.15, -0.1) is 0 Å². The molecule has 1 atom stereocenters. The van der Waals surface area contributed by atoms with Crippen LogP contribution in [0.5, 0.6) is 0 Å². The van der Waals surface area contributed by atoms with Crippen LogP contribution < -0.4 is 10.6 Å². The Morgan fingerprint density at radius 1 is 1.32 bits per heavy atom. The molecule has 1 fully saturated rings. The molecule has 1 unspecified atom stereocenters. The van der Waals surface area contributed by atoms with Gasteiger partial charge in [-0.2, -0.15) is 0 Å². The van der Waals surface area contributed by atoms with Crippen molar-refractivity contribution in [1.82, 2.24) is 4.90 Å². The molecule has 1 heterocycles. The van der Waals surface area contributed by atoms with Gasteiger partial charge in [0, 0.05) is 51.9 Å². The van der Waals surface area contributed by atoms with Gasteiger partial charge in [0.15, 0.2) is 0 Å². The molecule has 0 amide bonds. The highest BCUT2D eigenvalue weighted by Gasteiger charge is 2.17. The van der Waals surface area contributed by atoms with Crippen LogP contribution in [-0.4, -0.2) is 58.4 Å². The molecule has 4 nitrogen and oxygen atoms in total. The minimum absolute atomic E-state index is 0.401. The fraction of sp³-hybridized carbons (Fsp3) is 0.600. The normalized spacial score (nSPS) is 18.3. The Hall–Kier alpha value is -1.10. The number of nitrogens with two attached hydrogens (primary N) is 1. The molecule has 4 heteroatoms. The van der Waals surface area contributed by atoms with Gasteiger partial charge in [0.1, 0.15) is 0 Å². The number of benzene rings is 1. The molecule has 0 spiro atoms. The van der Waals surface area contributed by atoms with E-state index in [4.69, 9.17) is 10.5 Å². The first-order valence-corrected chi connectivity index (χ1v) is 6.98. The Morgan fingerprint density at radius 3 is 2.68 bits per heavy atom. The summed E-state index contributed by atoms with van der Waals surface area (Å²) in [6.45, 7) is 5.43. The van der Waals surface area contributed by atoms with Gasteiger partial charge in [-0.05, 0) is 17.7 Å². The summed E-state index contributed by atoms with van der Waals surface area (Å²) in [7, 11) is 4.14. The van der Waals surface area contributed by atoms with Crippen LogP contribution in [-0.2, 0) is 4.74 Å². The van der Waals surface area contributed by atoms with Gasteiger partial charge < -0.3 is 15.4 Å². The molecule has 19 heavy (non-hydrogen) atoms. The second kappa shape index (κ2) is 6.89. The average molecular weight is 263 g/mol. The van der Waals surface area contributed by atoms with Crippen molar-refractivity contribution in [3.63, 3.8) is 0 Å². The molecule has 2 rings (SSSR count). The Morgan fingerprint density at radius 2 is 2.05 bits per heavy atom. The summed E-state index contributed by atoms with van der Waals surface area (Å²) in [5.74, 6) is 0.401. The number of morpholine rings is 1. The van der Waals surface area contributed by atoms with Crippen molar-refractivity contribution in [3.8, 4) is 0 Å². The van der Waals surface area contributed by atoms with Crippen LogP contribution in [0, 0.1) is 0 Å². The van der Waals surface area contributed by atoms with Crippen molar-refractivity contribution in [1.29, 1.82) is 0 Å². The SMILES string of the molecule is CN(C)c1cccc(C(CN)CN2CCOCC2)c1. The summed E-state index contributed by atoms with van der Waals surface area (Å²) < 4.78 is 5.39. The van der Waals surface area contributed by atoms with E-state index in [0.717, 1.165) is 32.8 Å². The molecule has 1 saturated heterocycles. The topological polar surface area (TPSA) is 41.7 Å². The highest BCUT2D eigenvalue weighted by Crippen LogP contribution is 2.21. The Bertz CT molecular complexity index is 389. The molecule has 0 aliphatic carbocycles. The lowest BCUT2D eigenvalue weighted by atomic mass is 9.97. The highest BCUT2D eigenvalue weighted by atomic mass is 16.5. The summed E-state index contributed by atoms with van der Waals surface area (Å²) in [4.78, 5) is 4.58. The van der Waals surface area contributed by atoms with Crippen molar-refractivity contribution >= 4 is 5.69 Å². The molecular weight excluding hydrogens is 238 g/mol. The fourth-order valence-electron chi connectivity index (χ4n) is 2.47. The highest BCUT2D eigenvalue weighted by molar-refractivity contribution is 5.48. The van der Waals surface area contributed by atoms with Crippen LogP contribution in [0.2, 0.25) is 0 Å². The lowest BCUT2D eigenvalue weighted by molar-refractivity contribution is 0.0353. The molecule has 1 aliphatic heterocycles. The van der Waals surface area contributed by atoms with Crippen molar-refractivity contribution in [3.05, 3.63) is 29.8 Å². The van der Waals surface area contributed by atoms with Crippen molar-refractivity contribution in [2.45, 2.75) is 5.92 Å². The van der Waals surface area contributed by atoms with E-state index in [1.807, 2.05) is 0 Å². The predicted molar refractivity (Wildman–Crippen MR) is 79.8 cm³/mol. The molecule has 1 aliphatic rings. The van der Waals surface area contributed by atoms with E-state index in [0.29, 0.717) is 12.5 Å². The number of hydrogen-bond acceptors (Lipinski definition) is 4. The van der Waals surface area contributed by atoms with Crippen LogP contribution in [0.1, 0.15) is 11.5 Å². The number of nitrogens with zero attached hydrogens (tertiary/aromatic N) is 2. The van der Waals surface area contributed by atoms with Gasteiger partial charge >= 0.3 is 0 Å². The lowest BCUT2D eigenvalue weighted by Gasteiger charge is -2.30. The second-order valence-electron chi connectivity index (χ2n) is 5.34. The van der Waals surface area contributed by atoms with E-state index in [9.17, 15) is 0 Å². The maximum Gasteiger partial charge on any atom is 0.0594 e. The third-order valence-corrected chi connectivity index (χ3v) is 3.72. The van der Waals surface area contributed by atoms with Crippen LogP contribution in [0.3, 0.4) is 0 Å². The van der Waals surface area contributed by atoms with E-state index >= 15 is 0 Å². The lowest BCUT2D eigenvalue weighted by Crippen LogP contribution is -2.40. The molecule has 1 aromatic carbocycles. The molecule has 106 valence electrons. The van der Waals surface area contributed by atoms with E-state index in [-0.39, 0.29) is 0 Å². The number of hydrogen-bond donors (Lipinski definition) is 1. The Labute approximate surface area is 116 Å². The van der Waals surface area contributed by atoms with Gasteiger partial charge in [0.25, 0.3) is 0 Å². The fourth-order valence-corrected chi connectivity index (χ4v) is 2.47. The Balaban J connectivity index is 2.05. The first-order chi connectivity index (χ1) is 9.20. The molecule has 0 bridgehead atoms. The molecule has 2 N–H and O–H groups in total. The van der Waals surface area contributed by atoms with Gasteiger partial charge in [-0.3, -0.25) is 4.90 Å². The van der Waals surface area contributed by atoms with Crippen molar-refractivity contribution in [2.75, 3.05) is 58.4 Å². The maximum absolute atomic E-state index is 5.98. The first kappa shape index (κ1) is 14.3. The van der Waals surface area contributed by atoms with Gasteiger partial charge in [-0.1, -0.05) is 12.1 Å². The third kappa shape index (κ3) is 3.93. The summed E-state index contributed by atoms with van der Waals surface area (Å²) in [5, 5.41) is 0. The van der Waals surface area contributed by atoms with E-state index in [1.165, 1.54) is 11.3 Å². The standard InChI is InChI=1S/C15H25N3O/c1-17(2)15-5-3-4-13(10-15)14(11-16)12-18-6-8-19-9-7-18/h3-5,10,14H,6-9,11-12,16H2,1-2H3. The van der Waals surface area contributed by atoms with Crippen LogP contribution >= 0.6 is 0 Å². The number of ether oxygens (including phenoxy) is 1. The van der Waals surface area contributed by atoms with Crippen molar-refractivity contribution in [2.24, 2.45) is 5.73 Å². The summed E-state index contributed by atoms with van der Waals surface area (Å²) >= 11 is 0. The monoisotopic (exact) mass is 263 g/mol. The summed E-state index contributed by atoms with van der Waals surface area (Å²) in [5.41, 5.74) is 8.54.